The van der Waals surface area contributed by atoms with E-state index < -0.39 is 10.8 Å². The van der Waals surface area contributed by atoms with E-state index in [0.717, 1.165) is 63.5 Å². The highest BCUT2D eigenvalue weighted by Gasteiger charge is 2.53. The van der Waals surface area contributed by atoms with Gasteiger partial charge in [0.1, 0.15) is 0 Å². The smallest absolute Gasteiger partial charge is 0.0726 e. The van der Waals surface area contributed by atoms with Gasteiger partial charge in [-0.1, -0.05) is 267 Å². The lowest BCUT2D eigenvalue weighted by atomic mass is 9.67. The predicted molar refractivity (Wildman–Crippen MR) is 364 cm³/mol. The Morgan fingerprint density at radius 2 is 0.807 bits per heavy atom. The quantitative estimate of drug-likeness (QED) is 0.127. The molecule has 412 valence electrons. The largest absolute Gasteiger partial charge is 0.314 e. The van der Waals surface area contributed by atoms with Gasteiger partial charge in [-0.25, -0.2) is 0 Å². The zero-order valence-electron chi connectivity index (χ0n) is 48.5. The van der Waals surface area contributed by atoms with Gasteiger partial charge in [-0.3, -0.25) is 0 Å². The molecule has 0 saturated carbocycles. The molecule has 17 rings (SSSR count). The fraction of sp³-hybridized carbons (Fsp3) is 0.0465. The summed E-state index contributed by atoms with van der Waals surface area (Å²) in [6, 6.07) is 122. The highest BCUT2D eigenvalue weighted by Crippen LogP contribution is 2.66. The van der Waals surface area contributed by atoms with Crippen molar-refractivity contribution in [1.82, 2.24) is 0 Å². The second-order valence-corrected chi connectivity index (χ2v) is 23.5. The molecule has 0 fully saturated rings. The van der Waals surface area contributed by atoms with Crippen molar-refractivity contribution < 1.29 is 0 Å². The van der Waals surface area contributed by atoms with Gasteiger partial charge in [-0.15, -0.1) is 0 Å². The van der Waals surface area contributed by atoms with E-state index in [4.69, 9.17) is 0 Å². The third-order valence-electron chi connectivity index (χ3n) is 19.1. The first kappa shape index (κ1) is 51.2. The average molecular weight is 1120 g/mol. The normalized spacial score (nSPS) is 15.0. The second kappa shape index (κ2) is 20.8. The molecule has 0 bridgehead atoms. The lowest BCUT2D eigenvalue weighted by Crippen LogP contribution is -2.29. The van der Waals surface area contributed by atoms with Gasteiger partial charge < -0.3 is 9.80 Å². The van der Waals surface area contributed by atoms with Crippen molar-refractivity contribution in [2.45, 2.75) is 23.7 Å². The van der Waals surface area contributed by atoms with Crippen LogP contribution < -0.4 is 9.80 Å². The van der Waals surface area contributed by atoms with Gasteiger partial charge in [-0.2, -0.15) is 0 Å². The molecule has 0 saturated heterocycles. The molecule has 0 N–H and O–H groups in total. The number of hydrogen-bond donors (Lipinski definition) is 0. The molecule has 0 heterocycles. The van der Waals surface area contributed by atoms with Gasteiger partial charge in [0.15, 0.2) is 0 Å². The summed E-state index contributed by atoms with van der Waals surface area (Å²) in [5.41, 5.74) is 29.8. The Kier molecular flexibility index (Phi) is 12.1. The first-order valence-corrected chi connectivity index (χ1v) is 30.7. The van der Waals surface area contributed by atoms with Crippen LogP contribution in [0.15, 0.2) is 333 Å². The van der Waals surface area contributed by atoms with Crippen LogP contribution in [0.25, 0.3) is 66.8 Å². The van der Waals surface area contributed by atoms with Crippen LogP contribution in [0.5, 0.6) is 0 Å². The fourth-order valence-corrected chi connectivity index (χ4v) is 15.5. The maximum absolute atomic E-state index is 3.47. The Labute approximate surface area is 515 Å². The van der Waals surface area contributed by atoms with Crippen molar-refractivity contribution in [3.63, 3.8) is 0 Å². The molecular weight excluding hydrogens is 1060 g/mol. The van der Waals surface area contributed by atoms with E-state index in [1.807, 2.05) is 6.07 Å². The molecule has 0 aromatic heterocycles. The molecule has 2 heteroatoms. The van der Waals surface area contributed by atoms with Crippen LogP contribution in [0.3, 0.4) is 0 Å². The van der Waals surface area contributed by atoms with Crippen molar-refractivity contribution in [3.8, 4) is 66.8 Å². The maximum atomic E-state index is 3.47. The van der Waals surface area contributed by atoms with Gasteiger partial charge in [0.25, 0.3) is 0 Å². The zero-order chi connectivity index (χ0) is 58.2. The molecule has 88 heavy (non-hydrogen) atoms. The Bertz CT molecular complexity index is 4860. The minimum absolute atomic E-state index is 0.547. The highest BCUT2D eigenvalue weighted by atomic mass is 15.2. The second-order valence-electron chi connectivity index (χ2n) is 23.5. The highest BCUT2D eigenvalue weighted by molar-refractivity contribution is 6.06. The molecule has 13 aromatic carbocycles. The Morgan fingerprint density at radius 3 is 1.40 bits per heavy atom. The Hall–Kier alpha value is -11.2. The summed E-state index contributed by atoms with van der Waals surface area (Å²) in [5.74, 6) is 0. The van der Waals surface area contributed by atoms with Crippen LogP contribution in [-0.4, -0.2) is 0 Å². The number of anilines is 5. The maximum Gasteiger partial charge on any atom is 0.0726 e. The Balaban J connectivity index is 0.945. The van der Waals surface area contributed by atoms with Gasteiger partial charge in [-0.05, 0) is 180 Å². The van der Waals surface area contributed by atoms with Gasteiger partial charge in [0.05, 0.1) is 27.9 Å². The molecule has 2 nitrogen and oxygen atoms in total. The van der Waals surface area contributed by atoms with Gasteiger partial charge in [0, 0.05) is 33.8 Å². The SMILES string of the molecule is c1ccc(C2(c3cccc(N(C4=CC=CCC4)c4ccc(-c5ccccc5)cc4)c3)c3ccccc3-c3c(N(c4ccc(-c5ccccc5)cc4-c4ccccc4)c4cccc5c4-c4ccccc4C54c5ccccc5-c5ccccc54)cccc32)cc#1. The first-order chi connectivity index (χ1) is 43.7. The summed E-state index contributed by atoms with van der Waals surface area (Å²) in [5, 5.41) is 0. The van der Waals surface area contributed by atoms with Crippen LogP contribution >= 0.6 is 0 Å². The molecule has 13 aromatic rings. The molecule has 1 spiro atoms. The number of rotatable bonds is 11. The standard InChI is InChI=1S/C86H58N2/c1-6-27-59(28-7-1)61-51-54-67(55-52-61)87(66-36-14-5-15-37-66)68-38-24-35-65(58-68)85(64-33-12-4-13-34-64)76-45-22-18-41-71(76)83-78(85)47-25-49-81(83)88(80-56-53-63(60-29-8-2-9-30-60)57-73(80)62-31-10-3-11-32-62)82-50-26-48-79-84(82)72-42-19-23-46-77(72)86(79)74-43-20-16-39-69(74)70-40-17-21-44-75(70)86/h1-3,5-12,14,16-36,38-58H,15,37H2. The molecule has 4 aliphatic carbocycles. The fourth-order valence-electron chi connectivity index (χ4n) is 15.5. The number of benzene rings is 12. The van der Waals surface area contributed by atoms with E-state index in [9.17, 15) is 0 Å². The first-order valence-electron chi connectivity index (χ1n) is 30.7. The topological polar surface area (TPSA) is 6.48 Å². The third-order valence-corrected chi connectivity index (χ3v) is 19.1. The number of hydrogen-bond acceptors (Lipinski definition) is 2. The molecule has 0 radical (unpaired) electrons. The number of fused-ring (bicyclic) bond motifs is 13. The lowest BCUT2D eigenvalue weighted by Gasteiger charge is -2.36. The predicted octanol–water partition coefficient (Wildman–Crippen LogP) is 21.8. The molecular formula is C86H58N2. The summed E-state index contributed by atoms with van der Waals surface area (Å²) in [7, 11) is 0. The summed E-state index contributed by atoms with van der Waals surface area (Å²) < 4.78 is 0. The lowest BCUT2D eigenvalue weighted by molar-refractivity contribution is 0.768. The van der Waals surface area contributed by atoms with Crippen LogP contribution in [0, 0.1) is 12.1 Å². The van der Waals surface area contributed by atoms with E-state index >= 15 is 0 Å². The van der Waals surface area contributed by atoms with Crippen LogP contribution in [0.4, 0.5) is 28.4 Å². The van der Waals surface area contributed by atoms with E-state index in [1.54, 1.807) is 0 Å². The third kappa shape index (κ3) is 7.70. The summed E-state index contributed by atoms with van der Waals surface area (Å²) in [6.45, 7) is 0. The van der Waals surface area contributed by atoms with Crippen molar-refractivity contribution in [1.29, 1.82) is 0 Å². The van der Waals surface area contributed by atoms with E-state index in [1.165, 1.54) is 94.7 Å². The van der Waals surface area contributed by atoms with Crippen molar-refractivity contribution in [2.24, 2.45) is 0 Å². The summed E-state index contributed by atoms with van der Waals surface area (Å²) >= 11 is 0. The summed E-state index contributed by atoms with van der Waals surface area (Å²) in [6.07, 6.45) is 8.68. The zero-order valence-corrected chi connectivity index (χ0v) is 48.5. The van der Waals surface area contributed by atoms with Crippen LogP contribution in [0.1, 0.15) is 57.3 Å². The minimum atomic E-state index is -0.787. The average Bonchev–Trinajstić information content (AvgIpc) is 1.54. The molecule has 1 atom stereocenters. The molecule has 0 aliphatic heterocycles. The molecule has 1 unspecified atom stereocenters. The van der Waals surface area contributed by atoms with Crippen molar-refractivity contribution >= 4 is 28.4 Å². The molecule has 0 amide bonds. The van der Waals surface area contributed by atoms with E-state index in [2.05, 4.69) is 343 Å². The number of nitrogens with zero attached hydrogens (tertiary/aromatic N) is 2. The van der Waals surface area contributed by atoms with Gasteiger partial charge in [0.2, 0.25) is 0 Å². The van der Waals surface area contributed by atoms with Crippen molar-refractivity contribution in [3.05, 3.63) is 390 Å². The molecule has 4 aliphatic rings. The number of allylic oxidation sites excluding steroid dienone is 4. The van der Waals surface area contributed by atoms with Crippen molar-refractivity contribution in [2.75, 3.05) is 9.80 Å². The van der Waals surface area contributed by atoms with E-state index in [0.29, 0.717) is 0 Å². The minimum Gasteiger partial charge on any atom is -0.314 e. The monoisotopic (exact) mass is 1120 g/mol. The van der Waals surface area contributed by atoms with Crippen LogP contribution in [0.2, 0.25) is 0 Å². The van der Waals surface area contributed by atoms with Gasteiger partial charge >= 0.3 is 0 Å². The summed E-state index contributed by atoms with van der Waals surface area (Å²) in [4.78, 5) is 5.11. The van der Waals surface area contributed by atoms with Crippen LogP contribution in [-0.2, 0) is 10.8 Å². The van der Waals surface area contributed by atoms with E-state index in [-0.39, 0.29) is 0 Å². The Morgan fingerprint density at radius 1 is 0.307 bits per heavy atom.